The quantitative estimate of drug-likeness (QED) is 0.217. The molecular weight excluding hydrogens is 539 g/mol. The van der Waals surface area contributed by atoms with Gasteiger partial charge in [-0.15, -0.1) is 22.7 Å². The third-order valence-corrected chi connectivity index (χ3v) is 10.4. The van der Waals surface area contributed by atoms with Crippen molar-refractivity contribution in [3.8, 4) is 21.1 Å². The zero-order chi connectivity index (χ0) is 26.4. The van der Waals surface area contributed by atoms with Gasteiger partial charge in [-0.3, -0.25) is 9.35 Å². The largest absolute Gasteiger partial charge is 0.326 e. The minimum atomic E-state index is -4.37. The number of nitrogens with one attached hydrogen (secondary N) is 1. The molecule has 7 nitrogen and oxygen atoms in total. The average molecular weight is 564 g/mol. The number of aryl methyl sites for hydroxylation is 1. The van der Waals surface area contributed by atoms with Crippen LogP contribution in [0.1, 0.15) is 37.7 Å². The first-order valence-corrected chi connectivity index (χ1v) is 15.5. The molecule has 2 aromatic heterocycles. The lowest BCUT2D eigenvalue weighted by Gasteiger charge is -2.20. The maximum Gasteiger partial charge on any atom is 0.296 e. The van der Waals surface area contributed by atoms with E-state index in [4.69, 9.17) is 4.98 Å². The number of anilines is 1. The van der Waals surface area contributed by atoms with E-state index in [1.54, 1.807) is 30.4 Å². The van der Waals surface area contributed by atoms with Crippen molar-refractivity contribution >= 4 is 64.8 Å². The standard InChI is InChI=1S/C28H25N3O4S3/c1-16-7-13-22-24(25(16)38(33,34)35)37-28(31-22)19-10-14-21-23(15-19)36-27(30-21)18-8-11-20(12-9-18)29-26(32)17-5-3-2-4-6-17/h7-15,17H,2-6H2,1H3,(H,29,32)(H,33,34,35). The fourth-order valence-electron chi connectivity index (χ4n) is 5.00. The van der Waals surface area contributed by atoms with Gasteiger partial charge >= 0.3 is 0 Å². The number of hydrogen-bond acceptors (Lipinski definition) is 7. The number of carbonyl (C=O) groups excluding carboxylic acids is 1. The van der Waals surface area contributed by atoms with Crippen molar-refractivity contribution in [2.24, 2.45) is 5.92 Å². The van der Waals surface area contributed by atoms with Gasteiger partial charge in [0, 0.05) is 22.7 Å². The number of amides is 1. The highest BCUT2D eigenvalue weighted by atomic mass is 32.2. The molecule has 6 rings (SSSR count). The molecule has 2 N–H and O–H groups in total. The molecule has 10 heteroatoms. The van der Waals surface area contributed by atoms with E-state index in [2.05, 4.69) is 10.3 Å². The van der Waals surface area contributed by atoms with E-state index in [0.29, 0.717) is 20.8 Å². The summed E-state index contributed by atoms with van der Waals surface area (Å²) in [5.74, 6) is 0.222. The molecule has 0 atom stereocenters. The van der Waals surface area contributed by atoms with Crippen LogP contribution in [0.3, 0.4) is 0 Å². The summed E-state index contributed by atoms with van der Waals surface area (Å²) in [6, 6.07) is 17.1. The number of carbonyl (C=O) groups is 1. The van der Waals surface area contributed by atoms with E-state index in [1.165, 1.54) is 17.8 Å². The summed E-state index contributed by atoms with van der Waals surface area (Å²) in [4.78, 5) is 21.9. The molecule has 0 bridgehead atoms. The predicted octanol–water partition coefficient (Wildman–Crippen LogP) is 7.31. The molecule has 1 fully saturated rings. The fourth-order valence-corrected chi connectivity index (χ4v) is 8.32. The summed E-state index contributed by atoms with van der Waals surface area (Å²) in [6.45, 7) is 1.66. The summed E-state index contributed by atoms with van der Waals surface area (Å²) in [5, 5.41) is 4.60. The van der Waals surface area contributed by atoms with Crippen LogP contribution in [0.15, 0.2) is 59.5 Å². The van der Waals surface area contributed by atoms with Crippen molar-refractivity contribution < 1.29 is 17.8 Å². The van der Waals surface area contributed by atoms with Gasteiger partial charge in [-0.2, -0.15) is 8.42 Å². The lowest BCUT2D eigenvalue weighted by atomic mass is 9.88. The van der Waals surface area contributed by atoms with Crippen LogP contribution in [0, 0.1) is 12.8 Å². The molecule has 0 aliphatic heterocycles. The van der Waals surface area contributed by atoms with E-state index in [-0.39, 0.29) is 16.7 Å². The van der Waals surface area contributed by atoms with Gasteiger partial charge in [-0.25, -0.2) is 9.97 Å². The van der Waals surface area contributed by atoms with Gasteiger partial charge < -0.3 is 5.32 Å². The van der Waals surface area contributed by atoms with Crippen LogP contribution in [0.4, 0.5) is 5.69 Å². The number of aromatic nitrogens is 2. The molecule has 5 aromatic rings. The van der Waals surface area contributed by atoms with Crippen molar-refractivity contribution in [3.63, 3.8) is 0 Å². The maximum atomic E-state index is 12.6. The van der Waals surface area contributed by atoms with Crippen LogP contribution in [0.25, 0.3) is 41.6 Å². The maximum absolute atomic E-state index is 12.6. The van der Waals surface area contributed by atoms with Gasteiger partial charge in [0.2, 0.25) is 5.91 Å². The normalized spacial score (nSPS) is 14.8. The molecule has 38 heavy (non-hydrogen) atoms. The van der Waals surface area contributed by atoms with Crippen LogP contribution in [0.2, 0.25) is 0 Å². The molecule has 0 saturated heterocycles. The van der Waals surface area contributed by atoms with Gasteiger partial charge in [-0.1, -0.05) is 25.3 Å². The topological polar surface area (TPSA) is 109 Å². The van der Waals surface area contributed by atoms with Gasteiger partial charge in [0.1, 0.15) is 14.9 Å². The first-order valence-electron chi connectivity index (χ1n) is 12.5. The van der Waals surface area contributed by atoms with Crippen LogP contribution in [-0.2, 0) is 14.9 Å². The molecule has 1 saturated carbocycles. The summed E-state index contributed by atoms with van der Waals surface area (Å²) < 4.78 is 35.1. The minimum absolute atomic E-state index is 0.0849. The third-order valence-electron chi connectivity index (χ3n) is 6.98. The second-order valence-electron chi connectivity index (χ2n) is 9.66. The Morgan fingerprint density at radius 2 is 1.55 bits per heavy atom. The fraction of sp³-hybridized carbons (Fsp3) is 0.250. The number of rotatable bonds is 5. The number of hydrogen-bond donors (Lipinski definition) is 2. The Bertz CT molecular complexity index is 1780. The molecule has 1 amide bonds. The van der Waals surface area contributed by atoms with E-state index in [0.717, 1.165) is 57.7 Å². The van der Waals surface area contributed by atoms with Crippen LogP contribution in [0.5, 0.6) is 0 Å². The SMILES string of the molecule is Cc1ccc2nc(-c3ccc4nc(-c5ccc(NC(=O)C6CCCCC6)cc5)sc4c3)sc2c1S(=O)(=O)O. The lowest BCUT2D eigenvalue weighted by molar-refractivity contribution is -0.120. The lowest BCUT2D eigenvalue weighted by Crippen LogP contribution is -2.24. The Kier molecular flexibility index (Phi) is 6.51. The molecular formula is C28H25N3O4S3. The Morgan fingerprint density at radius 1 is 0.895 bits per heavy atom. The van der Waals surface area contributed by atoms with Crippen molar-refractivity contribution in [1.82, 2.24) is 9.97 Å². The highest BCUT2D eigenvalue weighted by molar-refractivity contribution is 7.86. The summed E-state index contributed by atoms with van der Waals surface area (Å²) in [5.41, 5.74) is 4.49. The number of thiazole rings is 2. The van der Waals surface area contributed by atoms with Gasteiger partial charge in [0.05, 0.1) is 20.4 Å². The molecule has 0 spiro atoms. The van der Waals surface area contributed by atoms with Gasteiger partial charge in [0.25, 0.3) is 10.1 Å². The summed E-state index contributed by atoms with van der Waals surface area (Å²) in [6.07, 6.45) is 5.41. The second kappa shape index (κ2) is 9.85. The Labute approximate surface area is 228 Å². The minimum Gasteiger partial charge on any atom is -0.326 e. The van der Waals surface area contributed by atoms with E-state index in [1.807, 2.05) is 42.5 Å². The molecule has 194 valence electrons. The molecule has 0 radical (unpaired) electrons. The van der Waals surface area contributed by atoms with E-state index < -0.39 is 10.1 Å². The Hall–Kier alpha value is -3.18. The highest BCUT2D eigenvalue weighted by Crippen LogP contribution is 2.38. The summed E-state index contributed by atoms with van der Waals surface area (Å²) in [7, 11) is -4.37. The number of fused-ring (bicyclic) bond motifs is 2. The van der Waals surface area contributed by atoms with Crippen LogP contribution in [-0.4, -0.2) is 28.8 Å². The average Bonchev–Trinajstić information content (AvgIpc) is 3.52. The zero-order valence-electron chi connectivity index (χ0n) is 20.6. The number of benzene rings is 3. The smallest absolute Gasteiger partial charge is 0.296 e. The first kappa shape index (κ1) is 25.1. The molecule has 2 heterocycles. The van der Waals surface area contributed by atoms with Crippen molar-refractivity contribution in [2.45, 2.75) is 43.9 Å². The third kappa shape index (κ3) is 4.84. The first-order chi connectivity index (χ1) is 18.3. The van der Waals surface area contributed by atoms with Crippen molar-refractivity contribution in [2.75, 3.05) is 5.32 Å². The Balaban J connectivity index is 1.26. The number of nitrogens with zero attached hydrogens (tertiary/aromatic N) is 2. The molecule has 3 aromatic carbocycles. The van der Waals surface area contributed by atoms with E-state index >= 15 is 0 Å². The highest BCUT2D eigenvalue weighted by Gasteiger charge is 2.22. The monoisotopic (exact) mass is 563 g/mol. The van der Waals surface area contributed by atoms with Crippen LogP contribution >= 0.6 is 22.7 Å². The molecule has 0 unspecified atom stereocenters. The van der Waals surface area contributed by atoms with Gasteiger partial charge in [-0.05, 0) is 73.9 Å². The molecule has 1 aliphatic carbocycles. The van der Waals surface area contributed by atoms with E-state index in [9.17, 15) is 17.8 Å². The van der Waals surface area contributed by atoms with Crippen molar-refractivity contribution in [1.29, 1.82) is 0 Å². The Morgan fingerprint density at radius 3 is 2.29 bits per heavy atom. The summed E-state index contributed by atoms with van der Waals surface area (Å²) >= 11 is 2.81. The second-order valence-corrected chi connectivity index (χ2v) is 13.0. The zero-order valence-corrected chi connectivity index (χ0v) is 23.0. The molecule has 1 aliphatic rings. The van der Waals surface area contributed by atoms with Gasteiger partial charge in [0.15, 0.2) is 0 Å². The van der Waals surface area contributed by atoms with Crippen LogP contribution < -0.4 is 5.32 Å². The predicted molar refractivity (Wildman–Crippen MR) is 153 cm³/mol. The van der Waals surface area contributed by atoms with Crippen molar-refractivity contribution in [3.05, 3.63) is 60.2 Å².